The fourth-order valence-electron chi connectivity index (χ4n) is 2.63. The first kappa shape index (κ1) is 18.5. The molecular weight excluding hydrogens is 401 g/mol. The van der Waals surface area contributed by atoms with Crippen LogP contribution in [0.1, 0.15) is 26.9 Å². The van der Waals surface area contributed by atoms with Gasteiger partial charge in [-0.25, -0.2) is 4.39 Å². The Morgan fingerprint density at radius 3 is 2.44 bits per heavy atom. The first-order valence-electron chi connectivity index (χ1n) is 8.43. The lowest BCUT2D eigenvalue weighted by atomic mass is 10.1. The molecule has 0 unspecified atom stereocenters. The summed E-state index contributed by atoms with van der Waals surface area (Å²) in [5.74, 6) is 2.32. The van der Waals surface area contributed by atoms with Gasteiger partial charge in [0.15, 0.2) is 5.82 Å². The normalized spacial score (nSPS) is 14.9. The fraction of sp³-hybridized carbons (Fsp3) is 0.211. The number of carbonyl (C=O) groups is 1. The highest BCUT2D eigenvalue weighted by atomic mass is 32.2. The number of nitrogens with zero attached hydrogens (tertiary/aromatic N) is 2. The third kappa shape index (κ3) is 4.51. The van der Waals surface area contributed by atoms with E-state index in [-0.39, 0.29) is 11.7 Å². The second-order valence-electron chi connectivity index (χ2n) is 5.93. The highest BCUT2D eigenvalue weighted by Crippen LogP contribution is 2.43. The average Bonchev–Trinajstić information content (AvgIpc) is 3.18. The summed E-state index contributed by atoms with van der Waals surface area (Å²) in [5.41, 5.74) is 2.54. The van der Waals surface area contributed by atoms with Gasteiger partial charge in [0.05, 0.1) is 4.58 Å². The Hall–Kier alpha value is -1.90. The molecule has 27 heavy (non-hydrogen) atoms. The topological polar surface area (TPSA) is 54.9 Å². The van der Waals surface area contributed by atoms with Crippen molar-refractivity contribution in [1.82, 2.24) is 9.36 Å². The van der Waals surface area contributed by atoms with Crippen molar-refractivity contribution in [2.75, 3.05) is 16.8 Å². The molecule has 1 saturated heterocycles. The van der Waals surface area contributed by atoms with Gasteiger partial charge in [-0.3, -0.25) is 10.1 Å². The van der Waals surface area contributed by atoms with Crippen LogP contribution in [0.15, 0.2) is 48.5 Å². The van der Waals surface area contributed by atoms with Crippen LogP contribution in [-0.4, -0.2) is 26.8 Å². The van der Waals surface area contributed by atoms with Crippen LogP contribution in [0.2, 0.25) is 0 Å². The molecule has 4 nitrogen and oxygen atoms in total. The Labute approximate surface area is 169 Å². The molecule has 1 aliphatic heterocycles. The minimum absolute atomic E-state index is 0.215. The molecule has 1 fully saturated rings. The van der Waals surface area contributed by atoms with E-state index in [9.17, 15) is 9.18 Å². The van der Waals surface area contributed by atoms with Crippen LogP contribution in [-0.2, 0) is 0 Å². The largest absolute Gasteiger partial charge is 0.297 e. The predicted octanol–water partition coefficient (Wildman–Crippen LogP) is 5.47. The fourth-order valence-corrected chi connectivity index (χ4v) is 6.11. The molecule has 0 radical (unpaired) electrons. The number of halogens is 1. The third-order valence-corrected chi connectivity index (χ3v) is 7.67. The molecule has 4 rings (SSSR count). The SMILES string of the molecule is O=C(Nc1nc(-c2ccc(F)cc2)ns1)c1ccc(C2SCCCS2)cc1. The summed E-state index contributed by atoms with van der Waals surface area (Å²) in [4.78, 5) is 16.8. The van der Waals surface area contributed by atoms with Gasteiger partial charge in [-0.15, -0.1) is 23.5 Å². The maximum absolute atomic E-state index is 13.0. The molecule has 0 atom stereocenters. The highest BCUT2D eigenvalue weighted by Gasteiger charge is 2.17. The van der Waals surface area contributed by atoms with Crippen molar-refractivity contribution >= 4 is 46.1 Å². The van der Waals surface area contributed by atoms with Crippen molar-refractivity contribution in [3.63, 3.8) is 0 Å². The molecule has 0 aliphatic carbocycles. The molecule has 2 heterocycles. The number of carbonyl (C=O) groups excluding carboxylic acids is 1. The molecule has 1 amide bonds. The summed E-state index contributed by atoms with van der Waals surface area (Å²) >= 11 is 5.02. The van der Waals surface area contributed by atoms with E-state index in [1.807, 2.05) is 47.8 Å². The first-order valence-corrected chi connectivity index (χ1v) is 11.3. The van der Waals surface area contributed by atoms with Gasteiger partial charge in [0.1, 0.15) is 5.82 Å². The van der Waals surface area contributed by atoms with Gasteiger partial charge in [0, 0.05) is 22.7 Å². The van der Waals surface area contributed by atoms with Crippen molar-refractivity contribution in [3.8, 4) is 11.4 Å². The molecule has 138 valence electrons. The van der Waals surface area contributed by atoms with Gasteiger partial charge in [0.25, 0.3) is 5.91 Å². The van der Waals surface area contributed by atoms with E-state index < -0.39 is 0 Å². The molecular formula is C19H16FN3OS3. The zero-order valence-corrected chi connectivity index (χ0v) is 16.7. The van der Waals surface area contributed by atoms with Gasteiger partial charge in [0.2, 0.25) is 5.13 Å². The van der Waals surface area contributed by atoms with E-state index >= 15 is 0 Å². The van der Waals surface area contributed by atoms with Gasteiger partial charge in [-0.05, 0) is 59.9 Å². The third-order valence-electron chi connectivity index (χ3n) is 4.02. The molecule has 0 bridgehead atoms. The van der Waals surface area contributed by atoms with Crippen molar-refractivity contribution < 1.29 is 9.18 Å². The summed E-state index contributed by atoms with van der Waals surface area (Å²) in [5, 5.41) is 3.20. The lowest BCUT2D eigenvalue weighted by Crippen LogP contribution is -2.11. The number of benzene rings is 2. The molecule has 0 spiro atoms. The van der Waals surface area contributed by atoms with E-state index in [1.165, 1.54) is 35.6 Å². The molecule has 3 aromatic rings. The van der Waals surface area contributed by atoms with Gasteiger partial charge < -0.3 is 0 Å². The molecule has 1 aromatic heterocycles. The summed E-state index contributed by atoms with van der Waals surface area (Å²) < 4.78 is 17.7. The van der Waals surface area contributed by atoms with E-state index in [0.717, 1.165) is 11.5 Å². The number of nitrogens with one attached hydrogen (secondary N) is 1. The standard InChI is InChI=1S/C19H16FN3OS3/c20-15-8-6-12(7-9-15)16-21-19(27-23-16)22-17(24)13-2-4-14(5-3-13)18-25-10-1-11-26-18/h2-9,18H,1,10-11H2,(H,21,22,23,24). The van der Waals surface area contributed by atoms with Crippen LogP contribution in [0, 0.1) is 5.82 Å². The average molecular weight is 418 g/mol. The Kier molecular flexibility index (Phi) is 5.75. The van der Waals surface area contributed by atoms with Crippen LogP contribution in [0.4, 0.5) is 9.52 Å². The van der Waals surface area contributed by atoms with Gasteiger partial charge in [-0.2, -0.15) is 9.36 Å². The number of hydrogen-bond acceptors (Lipinski definition) is 6. The molecule has 1 N–H and O–H groups in total. The summed E-state index contributed by atoms with van der Waals surface area (Å²) in [6.07, 6.45) is 1.26. The number of anilines is 1. The molecule has 0 saturated carbocycles. The number of thioether (sulfide) groups is 2. The number of amides is 1. The second kappa shape index (κ2) is 8.41. The van der Waals surface area contributed by atoms with E-state index in [0.29, 0.717) is 26.7 Å². The Balaban J connectivity index is 1.42. The van der Waals surface area contributed by atoms with Crippen molar-refractivity contribution in [1.29, 1.82) is 0 Å². The van der Waals surface area contributed by atoms with Crippen LogP contribution in [0.3, 0.4) is 0 Å². The van der Waals surface area contributed by atoms with Crippen LogP contribution in [0.5, 0.6) is 0 Å². The monoisotopic (exact) mass is 417 g/mol. The van der Waals surface area contributed by atoms with Crippen molar-refractivity contribution in [3.05, 3.63) is 65.5 Å². The smallest absolute Gasteiger partial charge is 0.257 e. The van der Waals surface area contributed by atoms with E-state index in [2.05, 4.69) is 14.7 Å². The highest BCUT2D eigenvalue weighted by molar-refractivity contribution is 8.16. The van der Waals surface area contributed by atoms with Gasteiger partial charge in [-0.1, -0.05) is 12.1 Å². The molecule has 8 heteroatoms. The quantitative estimate of drug-likeness (QED) is 0.610. The second-order valence-corrected chi connectivity index (χ2v) is 9.41. The number of aromatic nitrogens is 2. The zero-order valence-electron chi connectivity index (χ0n) is 14.2. The zero-order chi connectivity index (χ0) is 18.6. The number of rotatable bonds is 4. The number of hydrogen-bond donors (Lipinski definition) is 1. The van der Waals surface area contributed by atoms with Crippen molar-refractivity contribution in [2.24, 2.45) is 0 Å². The summed E-state index contributed by atoms with van der Waals surface area (Å²) in [6.45, 7) is 0. The lowest BCUT2D eigenvalue weighted by Gasteiger charge is -2.21. The Morgan fingerprint density at radius 2 is 1.74 bits per heavy atom. The van der Waals surface area contributed by atoms with Gasteiger partial charge >= 0.3 is 0 Å². The van der Waals surface area contributed by atoms with Crippen LogP contribution < -0.4 is 5.32 Å². The minimum atomic E-state index is -0.309. The summed E-state index contributed by atoms with van der Waals surface area (Å²) in [6, 6.07) is 13.7. The molecule has 2 aromatic carbocycles. The van der Waals surface area contributed by atoms with E-state index in [1.54, 1.807) is 12.1 Å². The maximum atomic E-state index is 13.0. The first-order chi connectivity index (χ1) is 13.2. The summed E-state index contributed by atoms with van der Waals surface area (Å²) in [7, 11) is 0. The Bertz CT molecular complexity index is 922. The van der Waals surface area contributed by atoms with Crippen LogP contribution >= 0.6 is 35.1 Å². The maximum Gasteiger partial charge on any atom is 0.257 e. The van der Waals surface area contributed by atoms with Crippen molar-refractivity contribution in [2.45, 2.75) is 11.0 Å². The predicted molar refractivity (Wildman–Crippen MR) is 112 cm³/mol. The minimum Gasteiger partial charge on any atom is -0.297 e. The van der Waals surface area contributed by atoms with Crippen LogP contribution in [0.25, 0.3) is 11.4 Å². The molecule has 1 aliphatic rings. The van der Waals surface area contributed by atoms with E-state index in [4.69, 9.17) is 0 Å². The lowest BCUT2D eigenvalue weighted by molar-refractivity contribution is 0.102. The Morgan fingerprint density at radius 1 is 1.04 bits per heavy atom.